The molecule has 2 heterocycles. The van der Waals surface area contributed by atoms with Crippen LogP contribution < -0.4 is 4.74 Å². The van der Waals surface area contributed by atoms with Crippen LogP contribution >= 0.6 is 0 Å². The number of methoxy groups -OCH3 is 1. The Hall–Kier alpha value is -2.04. The molecule has 0 radical (unpaired) electrons. The van der Waals surface area contributed by atoms with Crippen molar-refractivity contribution in [1.29, 1.82) is 0 Å². The van der Waals surface area contributed by atoms with E-state index in [-0.39, 0.29) is 11.8 Å². The van der Waals surface area contributed by atoms with Gasteiger partial charge in [0.05, 0.1) is 7.11 Å². The van der Waals surface area contributed by atoms with E-state index in [9.17, 15) is 9.59 Å². The summed E-state index contributed by atoms with van der Waals surface area (Å²) < 4.78 is 5.26. The molecule has 140 valence electrons. The van der Waals surface area contributed by atoms with Gasteiger partial charge in [-0.25, -0.2) is 0 Å². The molecular formula is C21H28N2O3. The van der Waals surface area contributed by atoms with Crippen molar-refractivity contribution in [2.24, 2.45) is 0 Å². The second kappa shape index (κ2) is 6.93. The second-order valence-corrected chi connectivity index (χ2v) is 7.87. The number of piperidine rings is 1. The molecule has 2 saturated heterocycles. The maximum absolute atomic E-state index is 13.2. The summed E-state index contributed by atoms with van der Waals surface area (Å²) in [6, 6.07) is 8.31. The van der Waals surface area contributed by atoms with Crippen LogP contribution in [0.1, 0.15) is 50.5 Å². The van der Waals surface area contributed by atoms with Crippen molar-refractivity contribution >= 4 is 11.8 Å². The van der Waals surface area contributed by atoms with Crippen LogP contribution in [-0.2, 0) is 16.0 Å². The number of nitrogens with zero attached hydrogens (tertiary/aromatic N) is 2. The Kier molecular flexibility index (Phi) is 4.63. The zero-order valence-corrected chi connectivity index (χ0v) is 15.6. The average Bonchev–Trinajstić information content (AvgIpc) is 3.42. The van der Waals surface area contributed by atoms with Crippen LogP contribution in [0.3, 0.4) is 0 Å². The van der Waals surface area contributed by atoms with Crippen LogP contribution in [0.4, 0.5) is 0 Å². The molecule has 2 aliphatic heterocycles. The largest absolute Gasteiger partial charge is 0.497 e. The Morgan fingerprint density at radius 3 is 2.73 bits per heavy atom. The molecule has 1 saturated carbocycles. The Bertz CT molecular complexity index is 700. The van der Waals surface area contributed by atoms with Crippen LogP contribution in [0.15, 0.2) is 24.3 Å². The minimum atomic E-state index is -0.549. The summed E-state index contributed by atoms with van der Waals surface area (Å²) in [4.78, 5) is 30.2. The van der Waals surface area contributed by atoms with E-state index in [0.29, 0.717) is 18.9 Å². The van der Waals surface area contributed by atoms with Gasteiger partial charge in [0.25, 0.3) is 0 Å². The van der Waals surface area contributed by atoms with Gasteiger partial charge in [-0.2, -0.15) is 0 Å². The zero-order valence-electron chi connectivity index (χ0n) is 15.6. The third kappa shape index (κ3) is 3.08. The number of amides is 2. The molecular weight excluding hydrogens is 328 g/mol. The number of rotatable bonds is 5. The van der Waals surface area contributed by atoms with Gasteiger partial charge >= 0.3 is 0 Å². The molecule has 3 fully saturated rings. The average molecular weight is 356 g/mol. The summed E-state index contributed by atoms with van der Waals surface area (Å²) in [5.41, 5.74) is 0.548. The smallest absolute Gasteiger partial charge is 0.248 e. The monoisotopic (exact) mass is 356 g/mol. The molecule has 5 heteroatoms. The topological polar surface area (TPSA) is 49.9 Å². The van der Waals surface area contributed by atoms with Crippen molar-refractivity contribution in [1.82, 2.24) is 9.80 Å². The van der Waals surface area contributed by atoms with Crippen molar-refractivity contribution in [3.63, 3.8) is 0 Å². The Morgan fingerprint density at radius 1 is 1.23 bits per heavy atom. The second-order valence-electron chi connectivity index (χ2n) is 7.87. The molecule has 2 amide bonds. The van der Waals surface area contributed by atoms with E-state index in [1.807, 2.05) is 29.2 Å². The molecule has 1 unspecified atom stereocenters. The molecule has 0 bridgehead atoms. The third-order valence-corrected chi connectivity index (χ3v) is 6.19. The summed E-state index contributed by atoms with van der Waals surface area (Å²) in [7, 11) is 1.65. The summed E-state index contributed by atoms with van der Waals surface area (Å²) in [5, 5.41) is 0. The molecule has 1 atom stereocenters. The number of hydrogen-bond donors (Lipinski definition) is 0. The van der Waals surface area contributed by atoms with Gasteiger partial charge in [0.15, 0.2) is 0 Å². The lowest BCUT2D eigenvalue weighted by Gasteiger charge is -2.44. The summed E-state index contributed by atoms with van der Waals surface area (Å²) >= 11 is 0. The predicted molar refractivity (Wildman–Crippen MR) is 99.0 cm³/mol. The molecule has 0 aromatic heterocycles. The van der Waals surface area contributed by atoms with E-state index in [1.54, 1.807) is 7.11 Å². The van der Waals surface area contributed by atoms with E-state index in [2.05, 4.69) is 4.90 Å². The van der Waals surface area contributed by atoms with E-state index in [0.717, 1.165) is 62.9 Å². The number of hydrogen-bond acceptors (Lipinski definition) is 3. The van der Waals surface area contributed by atoms with Crippen molar-refractivity contribution in [2.75, 3.05) is 20.2 Å². The highest BCUT2D eigenvalue weighted by molar-refractivity contribution is 5.93. The van der Waals surface area contributed by atoms with Crippen LogP contribution in [0.25, 0.3) is 0 Å². The standard InChI is InChI=1S/C21H28N2O3/c1-26-18-6-2-5-16(15-18)7-10-19(24)23-14-4-12-21(23)11-3-13-22(20(21)25)17-8-9-17/h2,5-6,15,17H,3-4,7-14H2,1H3. The van der Waals surface area contributed by atoms with E-state index >= 15 is 0 Å². The first-order valence-corrected chi connectivity index (χ1v) is 9.88. The summed E-state index contributed by atoms with van der Waals surface area (Å²) in [6.45, 7) is 1.60. The fraction of sp³-hybridized carbons (Fsp3) is 0.619. The number of aryl methyl sites for hydroxylation is 1. The predicted octanol–water partition coefficient (Wildman–Crippen LogP) is 2.77. The lowest BCUT2D eigenvalue weighted by Crippen LogP contribution is -2.61. The first kappa shape index (κ1) is 17.4. The lowest BCUT2D eigenvalue weighted by atomic mass is 9.85. The molecule has 26 heavy (non-hydrogen) atoms. The van der Waals surface area contributed by atoms with Crippen LogP contribution in [0.5, 0.6) is 5.75 Å². The van der Waals surface area contributed by atoms with E-state index in [4.69, 9.17) is 4.74 Å². The van der Waals surface area contributed by atoms with Gasteiger partial charge in [-0.15, -0.1) is 0 Å². The maximum atomic E-state index is 13.2. The molecule has 3 aliphatic rings. The van der Waals surface area contributed by atoms with Gasteiger partial charge in [0.1, 0.15) is 11.3 Å². The number of benzene rings is 1. The molecule has 1 aromatic carbocycles. The quantitative estimate of drug-likeness (QED) is 0.815. The Balaban J connectivity index is 1.45. The van der Waals surface area contributed by atoms with Gasteiger partial charge in [0, 0.05) is 25.6 Å². The lowest BCUT2D eigenvalue weighted by molar-refractivity contribution is -0.155. The fourth-order valence-corrected chi connectivity index (χ4v) is 4.69. The Morgan fingerprint density at radius 2 is 2.00 bits per heavy atom. The third-order valence-electron chi connectivity index (χ3n) is 6.19. The Labute approximate surface area is 155 Å². The number of carbonyl (C=O) groups is 2. The van der Waals surface area contributed by atoms with Gasteiger partial charge < -0.3 is 14.5 Å². The number of likely N-dealkylation sites (tertiary alicyclic amines) is 2. The molecule has 1 aromatic rings. The summed E-state index contributed by atoms with van der Waals surface area (Å²) in [5.74, 6) is 1.16. The maximum Gasteiger partial charge on any atom is 0.248 e. The van der Waals surface area contributed by atoms with Crippen LogP contribution in [0.2, 0.25) is 0 Å². The normalized spacial score (nSPS) is 25.8. The van der Waals surface area contributed by atoms with Crippen LogP contribution in [-0.4, -0.2) is 53.4 Å². The van der Waals surface area contributed by atoms with Crippen LogP contribution in [0, 0.1) is 0 Å². The fourth-order valence-electron chi connectivity index (χ4n) is 4.69. The number of carbonyl (C=O) groups excluding carboxylic acids is 2. The number of ether oxygens (including phenoxy) is 1. The van der Waals surface area contributed by atoms with Crippen molar-refractivity contribution in [2.45, 2.75) is 62.9 Å². The highest BCUT2D eigenvalue weighted by atomic mass is 16.5. The SMILES string of the molecule is COc1cccc(CCC(=O)N2CCCC23CCCN(C2CC2)C3=O)c1. The molecule has 1 spiro atoms. The van der Waals surface area contributed by atoms with Gasteiger partial charge in [-0.05, 0) is 62.6 Å². The van der Waals surface area contributed by atoms with E-state index < -0.39 is 5.54 Å². The molecule has 4 rings (SSSR count). The van der Waals surface area contributed by atoms with Gasteiger partial charge in [0.2, 0.25) is 11.8 Å². The minimum absolute atomic E-state index is 0.122. The first-order chi connectivity index (χ1) is 12.6. The zero-order chi connectivity index (χ0) is 18.1. The van der Waals surface area contributed by atoms with Gasteiger partial charge in [-0.1, -0.05) is 12.1 Å². The van der Waals surface area contributed by atoms with Crippen molar-refractivity contribution < 1.29 is 14.3 Å². The molecule has 1 aliphatic carbocycles. The highest BCUT2D eigenvalue weighted by Gasteiger charge is 2.54. The highest BCUT2D eigenvalue weighted by Crippen LogP contribution is 2.42. The van der Waals surface area contributed by atoms with Crippen molar-refractivity contribution in [3.8, 4) is 5.75 Å². The molecule has 5 nitrogen and oxygen atoms in total. The van der Waals surface area contributed by atoms with E-state index in [1.165, 1.54) is 0 Å². The van der Waals surface area contributed by atoms with Crippen molar-refractivity contribution in [3.05, 3.63) is 29.8 Å². The molecule has 0 N–H and O–H groups in total. The minimum Gasteiger partial charge on any atom is -0.497 e. The first-order valence-electron chi connectivity index (χ1n) is 9.88. The van der Waals surface area contributed by atoms with Gasteiger partial charge in [-0.3, -0.25) is 9.59 Å². The summed E-state index contributed by atoms with van der Waals surface area (Å²) in [6.07, 6.45) is 7.02.